The maximum Gasteiger partial charge on any atom is 0.239 e. The zero-order chi connectivity index (χ0) is 18.4. The van der Waals surface area contributed by atoms with Crippen molar-refractivity contribution in [1.82, 2.24) is 4.90 Å². The number of carbonyl (C=O) groups is 1. The first-order valence-corrected chi connectivity index (χ1v) is 9.02. The zero-order valence-corrected chi connectivity index (χ0v) is 15.7. The second-order valence-electron chi connectivity index (χ2n) is 6.78. The first-order valence-electron chi connectivity index (χ1n) is 9.02. The maximum atomic E-state index is 12.6. The third-order valence-corrected chi connectivity index (χ3v) is 5.00. The molecule has 0 radical (unpaired) electrons. The Labute approximate surface area is 150 Å². The van der Waals surface area contributed by atoms with Crippen LogP contribution in [0.4, 0.5) is 5.69 Å². The predicted octanol–water partition coefficient (Wildman–Crippen LogP) is 2.48. The van der Waals surface area contributed by atoms with Crippen molar-refractivity contribution in [2.45, 2.75) is 45.2 Å². The van der Waals surface area contributed by atoms with Gasteiger partial charge in [0.2, 0.25) is 5.91 Å². The lowest BCUT2D eigenvalue weighted by Gasteiger charge is -2.36. The molecular formula is C19H31N3O3. The van der Waals surface area contributed by atoms with Crippen molar-refractivity contribution in [3.05, 3.63) is 18.2 Å². The SMILES string of the molecule is CCC(C)C(N)C(=O)N1CCCC(Nc2cc(OC)cc(OC)c2)C1. The average Bonchev–Trinajstić information content (AvgIpc) is 2.65. The molecule has 1 saturated heterocycles. The number of ether oxygens (including phenoxy) is 2. The first kappa shape index (κ1) is 19.4. The minimum absolute atomic E-state index is 0.0593. The van der Waals surface area contributed by atoms with Crippen LogP contribution in [-0.2, 0) is 4.79 Å². The van der Waals surface area contributed by atoms with Crippen molar-refractivity contribution < 1.29 is 14.3 Å². The van der Waals surface area contributed by atoms with Crippen LogP contribution in [0, 0.1) is 5.92 Å². The number of rotatable bonds is 7. The number of carbonyl (C=O) groups excluding carboxylic acids is 1. The van der Waals surface area contributed by atoms with Gasteiger partial charge in [-0.15, -0.1) is 0 Å². The van der Waals surface area contributed by atoms with Gasteiger partial charge in [0.15, 0.2) is 0 Å². The van der Waals surface area contributed by atoms with Crippen LogP contribution >= 0.6 is 0 Å². The van der Waals surface area contributed by atoms with Gasteiger partial charge in [-0.05, 0) is 18.8 Å². The van der Waals surface area contributed by atoms with E-state index < -0.39 is 6.04 Å². The smallest absolute Gasteiger partial charge is 0.239 e. The van der Waals surface area contributed by atoms with Crippen LogP contribution in [0.5, 0.6) is 11.5 Å². The van der Waals surface area contributed by atoms with E-state index in [0.29, 0.717) is 6.54 Å². The fraction of sp³-hybridized carbons (Fsp3) is 0.632. The van der Waals surface area contributed by atoms with Gasteiger partial charge in [0, 0.05) is 43.0 Å². The molecule has 25 heavy (non-hydrogen) atoms. The molecule has 0 bridgehead atoms. The van der Waals surface area contributed by atoms with Crippen molar-refractivity contribution in [1.29, 1.82) is 0 Å². The summed E-state index contributed by atoms with van der Waals surface area (Å²) in [6.07, 6.45) is 2.89. The summed E-state index contributed by atoms with van der Waals surface area (Å²) in [5.74, 6) is 1.74. The standard InChI is InChI=1S/C19H31N3O3/c1-5-13(2)18(20)19(23)22-8-6-7-14(12-22)21-15-9-16(24-3)11-17(10-15)25-4/h9-11,13-14,18,21H,5-8,12,20H2,1-4H3. The number of anilines is 1. The summed E-state index contributed by atoms with van der Waals surface area (Å²) < 4.78 is 10.6. The van der Waals surface area contributed by atoms with Gasteiger partial charge in [0.05, 0.1) is 20.3 Å². The fourth-order valence-electron chi connectivity index (χ4n) is 3.13. The normalized spacial score (nSPS) is 19.9. The minimum Gasteiger partial charge on any atom is -0.497 e. The highest BCUT2D eigenvalue weighted by molar-refractivity contribution is 5.82. The molecule has 6 nitrogen and oxygen atoms in total. The van der Waals surface area contributed by atoms with Gasteiger partial charge < -0.3 is 25.4 Å². The van der Waals surface area contributed by atoms with Gasteiger partial charge in [-0.1, -0.05) is 20.3 Å². The number of amides is 1. The highest BCUT2D eigenvalue weighted by Gasteiger charge is 2.29. The first-order chi connectivity index (χ1) is 12.0. The summed E-state index contributed by atoms with van der Waals surface area (Å²) >= 11 is 0. The van der Waals surface area contributed by atoms with Crippen molar-refractivity contribution in [3.8, 4) is 11.5 Å². The number of nitrogens with one attached hydrogen (secondary N) is 1. The number of hydrogen-bond donors (Lipinski definition) is 2. The lowest BCUT2D eigenvalue weighted by molar-refractivity contribution is -0.134. The molecule has 1 heterocycles. The molecule has 1 amide bonds. The molecule has 1 aliphatic rings. The molecule has 6 heteroatoms. The Hall–Kier alpha value is -1.95. The number of piperidine rings is 1. The Morgan fingerprint density at radius 1 is 1.32 bits per heavy atom. The van der Waals surface area contributed by atoms with E-state index in [1.54, 1.807) is 14.2 Å². The summed E-state index contributed by atoms with van der Waals surface area (Å²) in [4.78, 5) is 14.5. The summed E-state index contributed by atoms with van der Waals surface area (Å²) in [6.45, 7) is 5.55. The van der Waals surface area contributed by atoms with E-state index in [1.807, 2.05) is 30.0 Å². The van der Waals surface area contributed by atoms with Gasteiger partial charge in [-0.3, -0.25) is 4.79 Å². The van der Waals surface area contributed by atoms with Crippen molar-refractivity contribution in [3.63, 3.8) is 0 Å². The molecule has 0 saturated carbocycles. The van der Waals surface area contributed by atoms with E-state index in [1.165, 1.54) is 0 Å². The Morgan fingerprint density at radius 3 is 2.52 bits per heavy atom. The molecule has 1 fully saturated rings. The van der Waals surface area contributed by atoms with Crippen LogP contribution in [-0.4, -0.2) is 50.2 Å². The quantitative estimate of drug-likeness (QED) is 0.791. The summed E-state index contributed by atoms with van der Waals surface area (Å²) in [5.41, 5.74) is 7.06. The van der Waals surface area contributed by atoms with E-state index in [2.05, 4.69) is 12.2 Å². The van der Waals surface area contributed by atoms with Crippen LogP contribution in [0.15, 0.2) is 18.2 Å². The largest absolute Gasteiger partial charge is 0.497 e. The second-order valence-corrected chi connectivity index (χ2v) is 6.78. The van der Waals surface area contributed by atoms with Crippen LogP contribution in [0.1, 0.15) is 33.1 Å². The third-order valence-electron chi connectivity index (χ3n) is 5.00. The van der Waals surface area contributed by atoms with E-state index in [9.17, 15) is 4.79 Å². The topological polar surface area (TPSA) is 76.8 Å². The molecule has 0 spiro atoms. The lowest BCUT2D eigenvalue weighted by Crippen LogP contribution is -2.52. The summed E-state index contributed by atoms with van der Waals surface area (Å²) in [7, 11) is 3.27. The Kier molecular flexibility index (Phi) is 6.93. The van der Waals surface area contributed by atoms with E-state index in [4.69, 9.17) is 15.2 Å². The van der Waals surface area contributed by atoms with E-state index in [0.717, 1.165) is 43.0 Å². The zero-order valence-electron chi connectivity index (χ0n) is 15.7. The van der Waals surface area contributed by atoms with Crippen LogP contribution < -0.4 is 20.5 Å². The lowest BCUT2D eigenvalue weighted by atomic mass is 9.97. The molecule has 3 unspecified atom stereocenters. The molecular weight excluding hydrogens is 318 g/mol. The average molecular weight is 349 g/mol. The highest BCUT2D eigenvalue weighted by atomic mass is 16.5. The van der Waals surface area contributed by atoms with Gasteiger partial charge in [0.25, 0.3) is 0 Å². The van der Waals surface area contributed by atoms with Crippen LogP contribution in [0.25, 0.3) is 0 Å². The predicted molar refractivity (Wildman–Crippen MR) is 100 cm³/mol. The monoisotopic (exact) mass is 349 g/mol. The van der Waals surface area contributed by atoms with Crippen molar-refractivity contribution >= 4 is 11.6 Å². The maximum absolute atomic E-state index is 12.6. The number of hydrogen-bond acceptors (Lipinski definition) is 5. The second kappa shape index (κ2) is 8.94. The van der Waals surface area contributed by atoms with Gasteiger partial charge in [0.1, 0.15) is 11.5 Å². The number of nitrogens with zero attached hydrogens (tertiary/aromatic N) is 1. The number of likely N-dealkylation sites (tertiary alicyclic amines) is 1. The molecule has 1 aliphatic heterocycles. The van der Waals surface area contributed by atoms with Crippen molar-refractivity contribution in [2.75, 3.05) is 32.6 Å². The van der Waals surface area contributed by atoms with Crippen molar-refractivity contribution in [2.24, 2.45) is 11.7 Å². The van der Waals surface area contributed by atoms with Crippen LogP contribution in [0.3, 0.4) is 0 Å². The van der Waals surface area contributed by atoms with E-state index in [-0.39, 0.29) is 17.9 Å². The summed E-state index contributed by atoms with van der Waals surface area (Å²) in [6, 6.07) is 5.49. The molecule has 0 aromatic heterocycles. The van der Waals surface area contributed by atoms with Gasteiger partial charge in [-0.25, -0.2) is 0 Å². The Bertz CT molecular complexity index is 557. The molecule has 140 valence electrons. The summed E-state index contributed by atoms with van der Waals surface area (Å²) in [5, 5.41) is 3.50. The Morgan fingerprint density at radius 2 is 1.96 bits per heavy atom. The Balaban J connectivity index is 2.03. The molecule has 0 aliphatic carbocycles. The molecule has 1 aromatic rings. The third kappa shape index (κ3) is 5.01. The fourth-order valence-corrected chi connectivity index (χ4v) is 3.13. The molecule has 1 aromatic carbocycles. The molecule has 3 atom stereocenters. The van der Waals surface area contributed by atoms with Crippen LogP contribution in [0.2, 0.25) is 0 Å². The van der Waals surface area contributed by atoms with Gasteiger partial charge in [-0.2, -0.15) is 0 Å². The highest BCUT2D eigenvalue weighted by Crippen LogP contribution is 2.27. The van der Waals surface area contributed by atoms with E-state index >= 15 is 0 Å². The molecule has 3 N–H and O–H groups in total. The molecule has 2 rings (SSSR count). The number of benzene rings is 1. The minimum atomic E-state index is -0.416. The number of methoxy groups -OCH3 is 2. The van der Waals surface area contributed by atoms with Gasteiger partial charge >= 0.3 is 0 Å². The number of nitrogens with two attached hydrogens (primary N) is 1.